The predicted octanol–water partition coefficient (Wildman–Crippen LogP) is 2.66. The van der Waals surface area contributed by atoms with Crippen LogP contribution >= 0.6 is 0 Å². The number of hydrogen-bond acceptors (Lipinski definition) is 2. The summed E-state index contributed by atoms with van der Waals surface area (Å²) in [5.74, 6) is 0.444. The lowest BCUT2D eigenvalue weighted by Crippen LogP contribution is -2.36. The molecule has 0 heterocycles. The summed E-state index contributed by atoms with van der Waals surface area (Å²) in [7, 11) is 1.64. The van der Waals surface area contributed by atoms with Crippen molar-refractivity contribution < 1.29 is 18.0 Å². The van der Waals surface area contributed by atoms with Crippen molar-refractivity contribution in [2.75, 3.05) is 20.1 Å². The molecule has 0 atom stereocenters. The van der Waals surface area contributed by atoms with Gasteiger partial charge in [-0.1, -0.05) is 18.2 Å². The van der Waals surface area contributed by atoms with Gasteiger partial charge in [0.25, 0.3) is 0 Å². The predicted molar refractivity (Wildman–Crippen MR) is 73.5 cm³/mol. The fourth-order valence-corrected chi connectivity index (χ4v) is 2.16. The Kier molecular flexibility index (Phi) is 4.88. The molecular weight excluding hydrogens is 281 g/mol. The zero-order valence-corrected chi connectivity index (χ0v) is 11.9. The normalized spacial score (nSPS) is 15.3. The summed E-state index contributed by atoms with van der Waals surface area (Å²) in [6.45, 7) is 0.858. The summed E-state index contributed by atoms with van der Waals surface area (Å²) < 4.78 is 38.6. The second kappa shape index (κ2) is 6.47. The highest BCUT2D eigenvalue weighted by Crippen LogP contribution is 2.32. The van der Waals surface area contributed by atoms with Crippen LogP contribution in [0, 0.1) is 5.92 Å². The van der Waals surface area contributed by atoms with Crippen molar-refractivity contribution in [2.45, 2.75) is 25.6 Å². The van der Waals surface area contributed by atoms with Crippen molar-refractivity contribution in [3.05, 3.63) is 35.4 Å². The van der Waals surface area contributed by atoms with E-state index in [0.717, 1.165) is 18.9 Å². The molecule has 2 rings (SSSR count). The summed E-state index contributed by atoms with van der Waals surface area (Å²) in [6, 6.07) is 5.46. The summed E-state index contributed by atoms with van der Waals surface area (Å²) >= 11 is 0. The minimum Gasteiger partial charge on any atom is -0.355 e. The highest BCUT2D eigenvalue weighted by atomic mass is 19.4. The Hall–Kier alpha value is -1.56. The number of halogens is 3. The molecule has 0 unspecified atom stereocenters. The van der Waals surface area contributed by atoms with Gasteiger partial charge in [0.05, 0.1) is 12.1 Å². The third-order valence-electron chi connectivity index (χ3n) is 3.46. The molecule has 0 saturated heterocycles. The van der Waals surface area contributed by atoms with Gasteiger partial charge in [0, 0.05) is 13.1 Å². The number of nitrogens with zero attached hydrogens (tertiary/aromatic N) is 1. The monoisotopic (exact) mass is 300 g/mol. The summed E-state index contributed by atoms with van der Waals surface area (Å²) in [5.41, 5.74) is -0.460. The Balaban J connectivity index is 1.89. The lowest BCUT2D eigenvalue weighted by molar-refractivity contribution is -0.138. The van der Waals surface area contributed by atoms with Gasteiger partial charge in [0.1, 0.15) is 0 Å². The van der Waals surface area contributed by atoms with Crippen molar-refractivity contribution in [3.63, 3.8) is 0 Å². The van der Waals surface area contributed by atoms with Gasteiger partial charge in [-0.2, -0.15) is 13.2 Å². The maximum absolute atomic E-state index is 12.9. The Bertz CT molecular complexity index is 498. The van der Waals surface area contributed by atoms with Crippen LogP contribution in [0.4, 0.5) is 13.2 Å². The zero-order chi connectivity index (χ0) is 15.5. The molecule has 0 spiro atoms. The number of benzene rings is 1. The topological polar surface area (TPSA) is 32.3 Å². The smallest absolute Gasteiger partial charge is 0.355 e. The summed E-state index contributed by atoms with van der Waals surface area (Å²) in [5, 5.41) is 2.80. The van der Waals surface area contributed by atoms with Crippen LogP contribution in [0.1, 0.15) is 24.0 Å². The van der Waals surface area contributed by atoms with Crippen molar-refractivity contribution in [1.82, 2.24) is 10.2 Å². The first kappa shape index (κ1) is 15.8. The van der Waals surface area contributed by atoms with E-state index in [9.17, 15) is 18.0 Å². The molecule has 1 aromatic rings. The Morgan fingerprint density at radius 2 is 2.00 bits per heavy atom. The number of amides is 1. The van der Waals surface area contributed by atoms with Crippen LogP contribution in [-0.4, -0.2) is 30.9 Å². The van der Waals surface area contributed by atoms with Gasteiger partial charge in [-0.3, -0.25) is 9.69 Å². The molecule has 1 amide bonds. The van der Waals surface area contributed by atoms with E-state index in [1.165, 1.54) is 12.1 Å². The fraction of sp³-hybridized carbons (Fsp3) is 0.533. The number of nitrogens with one attached hydrogen (secondary N) is 1. The second-order valence-corrected chi connectivity index (χ2v) is 5.57. The van der Waals surface area contributed by atoms with E-state index in [1.807, 2.05) is 0 Å². The molecule has 0 radical (unpaired) electrons. The molecule has 0 bridgehead atoms. The second-order valence-electron chi connectivity index (χ2n) is 5.57. The van der Waals surface area contributed by atoms with Crippen molar-refractivity contribution in [1.29, 1.82) is 0 Å². The minimum absolute atomic E-state index is 0.0898. The molecule has 116 valence electrons. The van der Waals surface area contributed by atoms with Crippen molar-refractivity contribution >= 4 is 5.91 Å². The number of rotatable bonds is 6. The molecule has 1 aliphatic carbocycles. The third kappa shape index (κ3) is 5.04. The van der Waals surface area contributed by atoms with E-state index < -0.39 is 11.7 Å². The van der Waals surface area contributed by atoms with Gasteiger partial charge < -0.3 is 5.32 Å². The van der Waals surface area contributed by atoms with Gasteiger partial charge in [-0.25, -0.2) is 0 Å². The molecule has 3 nitrogen and oxygen atoms in total. The Morgan fingerprint density at radius 3 is 2.62 bits per heavy atom. The van der Waals surface area contributed by atoms with E-state index in [0.29, 0.717) is 12.5 Å². The van der Waals surface area contributed by atoms with E-state index in [4.69, 9.17) is 0 Å². The average Bonchev–Trinajstić information content (AvgIpc) is 3.19. The first-order valence-corrected chi connectivity index (χ1v) is 6.96. The lowest BCUT2D eigenvalue weighted by Gasteiger charge is -2.19. The van der Waals surface area contributed by atoms with Crippen LogP contribution in [0.25, 0.3) is 0 Å². The largest absolute Gasteiger partial charge is 0.416 e. The Labute approximate surface area is 122 Å². The van der Waals surface area contributed by atoms with E-state index in [-0.39, 0.29) is 24.6 Å². The number of carbonyl (C=O) groups excluding carboxylic acids is 1. The van der Waals surface area contributed by atoms with Crippen LogP contribution < -0.4 is 5.32 Å². The molecule has 1 saturated carbocycles. The van der Waals surface area contributed by atoms with Crippen LogP contribution in [0.15, 0.2) is 24.3 Å². The Morgan fingerprint density at radius 1 is 1.33 bits per heavy atom. The lowest BCUT2D eigenvalue weighted by atomic mass is 10.1. The zero-order valence-electron chi connectivity index (χ0n) is 11.9. The summed E-state index contributed by atoms with van der Waals surface area (Å²) in [6.07, 6.45) is -2.07. The number of likely N-dealkylation sites (N-methyl/N-ethyl adjacent to an activating group) is 1. The van der Waals surface area contributed by atoms with Crippen LogP contribution in [0.3, 0.4) is 0 Å². The van der Waals surface area contributed by atoms with Gasteiger partial charge in [-0.15, -0.1) is 0 Å². The van der Waals surface area contributed by atoms with Crippen molar-refractivity contribution in [2.24, 2.45) is 5.92 Å². The molecule has 1 aliphatic rings. The molecule has 1 N–H and O–H groups in total. The maximum atomic E-state index is 12.9. The average molecular weight is 300 g/mol. The minimum atomic E-state index is -4.37. The number of alkyl halides is 3. The third-order valence-corrected chi connectivity index (χ3v) is 3.46. The quantitative estimate of drug-likeness (QED) is 0.876. The van der Waals surface area contributed by atoms with Gasteiger partial charge in [-0.05, 0) is 37.4 Å². The van der Waals surface area contributed by atoms with E-state index >= 15 is 0 Å². The van der Waals surface area contributed by atoms with E-state index in [1.54, 1.807) is 18.0 Å². The SMILES string of the molecule is CN(CC(=O)NCC1CC1)Cc1ccccc1C(F)(F)F. The van der Waals surface area contributed by atoms with Gasteiger partial charge in [0.15, 0.2) is 0 Å². The molecular formula is C15H19F3N2O. The van der Waals surface area contributed by atoms with Gasteiger partial charge >= 0.3 is 6.18 Å². The molecule has 0 aliphatic heterocycles. The molecule has 1 fully saturated rings. The maximum Gasteiger partial charge on any atom is 0.416 e. The van der Waals surface area contributed by atoms with Crippen molar-refractivity contribution in [3.8, 4) is 0 Å². The molecule has 6 heteroatoms. The highest BCUT2D eigenvalue weighted by Gasteiger charge is 2.33. The van der Waals surface area contributed by atoms with Crippen LogP contribution in [0.2, 0.25) is 0 Å². The molecule has 21 heavy (non-hydrogen) atoms. The number of carbonyl (C=O) groups is 1. The summed E-state index contributed by atoms with van der Waals surface area (Å²) in [4.78, 5) is 13.3. The highest BCUT2D eigenvalue weighted by molar-refractivity contribution is 5.78. The first-order valence-electron chi connectivity index (χ1n) is 6.96. The van der Waals surface area contributed by atoms with Crippen LogP contribution in [0.5, 0.6) is 0 Å². The van der Waals surface area contributed by atoms with Gasteiger partial charge in [0.2, 0.25) is 5.91 Å². The van der Waals surface area contributed by atoms with E-state index in [2.05, 4.69) is 5.32 Å². The molecule has 1 aromatic carbocycles. The standard InChI is InChI=1S/C15H19F3N2O/c1-20(10-14(21)19-8-11-6-7-11)9-12-4-2-3-5-13(12)15(16,17)18/h2-5,11H,6-10H2,1H3,(H,19,21). The van der Waals surface area contributed by atoms with Crippen LogP contribution in [-0.2, 0) is 17.5 Å². The molecule has 0 aromatic heterocycles. The first-order chi connectivity index (χ1) is 9.86. The number of hydrogen-bond donors (Lipinski definition) is 1. The fourth-order valence-electron chi connectivity index (χ4n) is 2.16.